The molecule has 10 heteroatoms. The van der Waals surface area contributed by atoms with Crippen LogP contribution in [0.3, 0.4) is 0 Å². The number of aliphatic hydroxyl groups is 1. The molecule has 0 aliphatic carbocycles. The van der Waals surface area contributed by atoms with Gasteiger partial charge in [0.05, 0.1) is 6.61 Å². The molecular weight excluding hydrogens is 404 g/mol. The maximum absolute atomic E-state index is 12.8. The molecular formula is C21H32N4O6. The molecule has 0 heterocycles. The van der Waals surface area contributed by atoms with Gasteiger partial charge in [-0.2, -0.15) is 0 Å². The van der Waals surface area contributed by atoms with Crippen molar-refractivity contribution in [1.82, 2.24) is 16.0 Å². The van der Waals surface area contributed by atoms with E-state index in [4.69, 9.17) is 10.8 Å². The lowest BCUT2D eigenvalue weighted by Crippen LogP contribution is -2.57. The number of carbonyl (C=O) groups is 4. The predicted octanol–water partition coefficient (Wildman–Crippen LogP) is -0.846. The fraction of sp³-hybridized carbons (Fsp3) is 0.524. The van der Waals surface area contributed by atoms with Gasteiger partial charge >= 0.3 is 5.97 Å². The number of rotatable bonds is 12. The van der Waals surface area contributed by atoms with Crippen LogP contribution in [0.5, 0.6) is 0 Å². The molecule has 3 amide bonds. The summed E-state index contributed by atoms with van der Waals surface area (Å²) in [5, 5.41) is 25.7. The van der Waals surface area contributed by atoms with Crippen molar-refractivity contribution in [2.45, 2.75) is 57.8 Å². The molecule has 1 rings (SSSR count). The molecule has 172 valence electrons. The lowest BCUT2D eigenvalue weighted by molar-refractivity contribution is -0.142. The van der Waals surface area contributed by atoms with Gasteiger partial charge in [0.1, 0.15) is 24.2 Å². The summed E-state index contributed by atoms with van der Waals surface area (Å²) in [5.74, 6) is -3.11. The number of aliphatic hydroxyl groups excluding tert-OH is 1. The van der Waals surface area contributed by atoms with E-state index in [1.165, 1.54) is 6.92 Å². The van der Waals surface area contributed by atoms with Crippen LogP contribution in [0.15, 0.2) is 30.3 Å². The SMILES string of the molecule is CC(C)CC(NC(=O)C(C)NC(=O)C(Cc1ccccc1)NC(=O)C(N)CO)C(=O)O. The molecule has 1 aromatic carbocycles. The van der Waals surface area contributed by atoms with Crippen LogP contribution in [0.2, 0.25) is 0 Å². The van der Waals surface area contributed by atoms with Crippen molar-refractivity contribution in [3.05, 3.63) is 35.9 Å². The largest absolute Gasteiger partial charge is 0.480 e. The molecule has 0 saturated carbocycles. The molecule has 0 bridgehead atoms. The number of carboxylic acid groups (broad SMARTS) is 1. The first-order valence-corrected chi connectivity index (χ1v) is 10.1. The minimum Gasteiger partial charge on any atom is -0.480 e. The maximum Gasteiger partial charge on any atom is 0.326 e. The first-order valence-electron chi connectivity index (χ1n) is 10.1. The van der Waals surface area contributed by atoms with Gasteiger partial charge in [-0.15, -0.1) is 0 Å². The van der Waals surface area contributed by atoms with Crippen LogP contribution >= 0.6 is 0 Å². The third-order valence-corrected chi connectivity index (χ3v) is 4.52. The molecule has 0 aliphatic rings. The van der Waals surface area contributed by atoms with Gasteiger partial charge in [0, 0.05) is 6.42 Å². The van der Waals surface area contributed by atoms with Crippen molar-refractivity contribution in [3.63, 3.8) is 0 Å². The van der Waals surface area contributed by atoms with Crippen molar-refractivity contribution in [1.29, 1.82) is 0 Å². The lowest BCUT2D eigenvalue weighted by Gasteiger charge is -2.23. The van der Waals surface area contributed by atoms with E-state index >= 15 is 0 Å². The van der Waals surface area contributed by atoms with E-state index in [0.29, 0.717) is 0 Å². The van der Waals surface area contributed by atoms with Gasteiger partial charge in [0.2, 0.25) is 17.7 Å². The molecule has 0 radical (unpaired) electrons. The van der Waals surface area contributed by atoms with E-state index in [2.05, 4.69) is 16.0 Å². The zero-order valence-corrected chi connectivity index (χ0v) is 18.0. The summed E-state index contributed by atoms with van der Waals surface area (Å²) in [6.45, 7) is 4.50. The number of carboxylic acids is 1. The standard InChI is InChI=1S/C21H32N4O6/c1-12(2)9-17(21(30)31)25-18(27)13(3)23-20(29)16(24-19(28)15(22)11-26)10-14-7-5-4-6-8-14/h4-8,12-13,15-17,26H,9-11,22H2,1-3H3,(H,23,29)(H,24,28)(H,25,27)(H,30,31). The average molecular weight is 437 g/mol. The van der Waals surface area contributed by atoms with Crippen LogP contribution in [0.25, 0.3) is 0 Å². The summed E-state index contributed by atoms with van der Waals surface area (Å²) in [4.78, 5) is 48.6. The monoisotopic (exact) mass is 436 g/mol. The number of nitrogens with two attached hydrogens (primary N) is 1. The number of carbonyl (C=O) groups excluding carboxylic acids is 3. The van der Waals surface area contributed by atoms with Gasteiger partial charge < -0.3 is 31.9 Å². The van der Waals surface area contributed by atoms with Crippen molar-refractivity contribution >= 4 is 23.7 Å². The summed E-state index contributed by atoms with van der Waals surface area (Å²) >= 11 is 0. The van der Waals surface area contributed by atoms with Crippen LogP contribution < -0.4 is 21.7 Å². The minimum absolute atomic E-state index is 0.0486. The average Bonchev–Trinajstić information content (AvgIpc) is 2.72. The van der Waals surface area contributed by atoms with Crippen LogP contribution in [-0.4, -0.2) is 64.7 Å². The smallest absolute Gasteiger partial charge is 0.326 e. The molecule has 4 atom stereocenters. The second-order valence-corrected chi connectivity index (χ2v) is 7.80. The van der Waals surface area contributed by atoms with E-state index in [-0.39, 0.29) is 18.8 Å². The van der Waals surface area contributed by atoms with Crippen LogP contribution in [-0.2, 0) is 25.6 Å². The third kappa shape index (κ3) is 9.14. The molecule has 10 nitrogen and oxygen atoms in total. The summed E-state index contributed by atoms with van der Waals surface area (Å²) in [7, 11) is 0. The Hall–Kier alpha value is -2.98. The Morgan fingerprint density at radius 1 is 0.903 bits per heavy atom. The molecule has 0 fully saturated rings. The van der Waals surface area contributed by atoms with Gasteiger partial charge in [0.15, 0.2) is 0 Å². The zero-order chi connectivity index (χ0) is 23.6. The second kappa shape index (κ2) is 12.7. The molecule has 0 spiro atoms. The summed E-state index contributed by atoms with van der Waals surface area (Å²) in [6, 6.07) is 4.56. The fourth-order valence-corrected chi connectivity index (χ4v) is 2.79. The van der Waals surface area contributed by atoms with Gasteiger partial charge in [-0.05, 0) is 24.8 Å². The fourth-order valence-electron chi connectivity index (χ4n) is 2.79. The Labute approximate surface area is 181 Å². The number of hydrogen-bond acceptors (Lipinski definition) is 6. The quantitative estimate of drug-likeness (QED) is 0.248. The maximum atomic E-state index is 12.8. The normalized spacial score (nSPS) is 14.8. The number of nitrogens with one attached hydrogen (secondary N) is 3. The van der Waals surface area contributed by atoms with E-state index in [1.807, 2.05) is 13.8 Å². The topological polar surface area (TPSA) is 171 Å². The van der Waals surface area contributed by atoms with Gasteiger partial charge in [0.25, 0.3) is 0 Å². The number of aliphatic carboxylic acids is 1. The summed E-state index contributed by atoms with van der Waals surface area (Å²) in [6.07, 6.45) is 0.378. The van der Waals surface area contributed by atoms with Gasteiger partial charge in [-0.3, -0.25) is 14.4 Å². The molecule has 31 heavy (non-hydrogen) atoms. The lowest BCUT2D eigenvalue weighted by atomic mass is 10.0. The Kier molecular flexibility index (Phi) is 10.6. The van der Waals surface area contributed by atoms with E-state index in [1.54, 1.807) is 30.3 Å². The van der Waals surface area contributed by atoms with Crippen molar-refractivity contribution in [2.75, 3.05) is 6.61 Å². The van der Waals surface area contributed by atoms with Crippen LogP contribution in [0.4, 0.5) is 0 Å². The molecule has 1 aromatic rings. The molecule has 4 unspecified atom stereocenters. The summed E-state index contributed by atoms with van der Waals surface area (Å²) < 4.78 is 0. The number of hydrogen-bond donors (Lipinski definition) is 6. The van der Waals surface area contributed by atoms with Crippen molar-refractivity contribution in [3.8, 4) is 0 Å². The molecule has 0 saturated heterocycles. The Morgan fingerprint density at radius 2 is 1.48 bits per heavy atom. The molecule has 0 aliphatic heterocycles. The van der Waals surface area contributed by atoms with E-state index < -0.39 is 54.5 Å². The minimum atomic E-state index is -1.20. The highest BCUT2D eigenvalue weighted by Crippen LogP contribution is 2.06. The van der Waals surface area contributed by atoms with Crippen molar-refractivity contribution < 1.29 is 29.4 Å². The molecule has 0 aromatic heterocycles. The first kappa shape index (κ1) is 26.1. The zero-order valence-electron chi connectivity index (χ0n) is 18.0. The van der Waals surface area contributed by atoms with Crippen LogP contribution in [0, 0.1) is 5.92 Å². The Bertz CT molecular complexity index is 755. The highest BCUT2D eigenvalue weighted by Gasteiger charge is 2.28. The number of benzene rings is 1. The van der Waals surface area contributed by atoms with E-state index in [9.17, 15) is 24.3 Å². The Morgan fingerprint density at radius 3 is 2.00 bits per heavy atom. The van der Waals surface area contributed by atoms with Crippen LogP contribution in [0.1, 0.15) is 32.8 Å². The highest BCUT2D eigenvalue weighted by atomic mass is 16.4. The highest BCUT2D eigenvalue weighted by molar-refractivity contribution is 5.94. The van der Waals surface area contributed by atoms with Gasteiger partial charge in [-0.25, -0.2) is 4.79 Å². The van der Waals surface area contributed by atoms with Crippen molar-refractivity contribution in [2.24, 2.45) is 11.7 Å². The Balaban J connectivity index is 2.86. The third-order valence-electron chi connectivity index (χ3n) is 4.52. The predicted molar refractivity (Wildman–Crippen MR) is 114 cm³/mol. The van der Waals surface area contributed by atoms with E-state index in [0.717, 1.165) is 5.56 Å². The number of amides is 3. The first-order chi connectivity index (χ1) is 14.5. The second-order valence-electron chi connectivity index (χ2n) is 7.80. The van der Waals surface area contributed by atoms with Gasteiger partial charge in [-0.1, -0.05) is 44.2 Å². The summed E-state index contributed by atoms with van der Waals surface area (Å²) in [5.41, 5.74) is 6.28. The molecule has 7 N–H and O–H groups in total.